The van der Waals surface area contributed by atoms with Gasteiger partial charge in [0, 0.05) is 16.7 Å². The number of hydrogen-bond donors (Lipinski definition) is 1. The molecule has 1 N–H and O–H groups in total. The SMILES string of the molecule is CCCNCc1ccc(SC(C)C(C)C)cc1. The Morgan fingerprint density at radius 3 is 2.29 bits per heavy atom. The lowest BCUT2D eigenvalue weighted by Gasteiger charge is -2.15. The molecule has 1 atom stereocenters. The quantitative estimate of drug-likeness (QED) is 0.572. The van der Waals surface area contributed by atoms with Crippen molar-refractivity contribution in [2.75, 3.05) is 6.54 Å². The summed E-state index contributed by atoms with van der Waals surface area (Å²) in [6, 6.07) is 8.95. The first-order valence-electron chi connectivity index (χ1n) is 6.59. The summed E-state index contributed by atoms with van der Waals surface area (Å²) >= 11 is 1.97. The van der Waals surface area contributed by atoms with Gasteiger partial charge in [-0.1, -0.05) is 39.8 Å². The summed E-state index contributed by atoms with van der Waals surface area (Å²) in [7, 11) is 0. The third kappa shape index (κ3) is 5.60. The van der Waals surface area contributed by atoms with E-state index in [0.29, 0.717) is 5.25 Å². The van der Waals surface area contributed by atoms with E-state index in [4.69, 9.17) is 0 Å². The molecule has 1 rings (SSSR count). The average molecular weight is 251 g/mol. The zero-order chi connectivity index (χ0) is 12.7. The Balaban J connectivity index is 2.44. The van der Waals surface area contributed by atoms with Crippen LogP contribution in [0.2, 0.25) is 0 Å². The van der Waals surface area contributed by atoms with Crippen LogP contribution in [0.5, 0.6) is 0 Å². The van der Waals surface area contributed by atoms with Crippen molar-refractivity contribution in [3.05, 3.63) is 29.8 Å². The van der Waals surface area contributed by atoms with Crippen LogP contribution in [-0.2, 0) is 6.54 Å². The Morgan fingerprint density at radius 2 is 1.76 bits per heavy atom. The van der Waals surface area contributed by atoms with Crippen LogP contribution in [-0.4, -0.2) is 11.8 Å². The second-order valence-corrected chi connectivity index (χ2v) is 6.34. The first-order chi connectivity index (χ1) is 8.13. The number of benzene rings is 1. The number of nitrogens with one attached hydrogen (secondary N) is 1. The molecular formula is C15H25NS. The van der Waals surface area contributed by atoms with E-state index >= 15 is 0 Å². The molecule has 96 valence electrons. The Hall–Kier alpha value is -0.470. The standard InChI is InChI=1S/C15H25NS/c1-5-10-16-11-14-6-8-15(9-7-14)17-13(4)12(2)3/h6-9,12-13,16H,5,10-11H2,1-4H3. The van der Waals surface area contributed by atoms with Crippen LogP contribution >= 0.6 is 11.8 Å². The summed E-state index contributed by atoms with van der Waals surface area (Å²) in [5.41, 5.74) is 1.38. The molecule has 0 aliphatic carbocycles. The molecule has 17 heavy (non-hydrogen) atoms. The van der Waals surface area contributed by atoms with E-state index in [1.54, 1.807) is 0 Å². The van der Waals surface area contributed by atoms with Crippen LogP contribution in [0.4, 0.5) is 0 Å². The molecule has 0 amide bonds. The summed E-state index contributed by atoms with van der Waals surface area (Å²) in [4.78, 5) is 1.38. The molecule has 0 radical (unpaired) electrons. The van der Waals surface area contributed by atoms with Crippen molar-refractivity contribution < 1.29 is 0 Å². The van der Waals surface area contributed by atoms with Crippen molar-refractivity contribution in [3.63, 3.8) is 0 Å². The highest BCUT2D eigenvalue weighted by Gasteiger charge is 2.08. The highest BCUT2D eigenvalue weighted by Crippen LogP contribution is 2.27. The normalized spacial score (nSPS) is 13.0. The van der Waals surface area contributed by atoms with Gasteiger partial charge in [-0.2, -0.15) is 0 Å². The molecular weight excluding hydrogens is 226 g/mol. The summed E-state index contributed by atoms with van der Waals surface area (Å²) in [6.07, 6.45) is 1.19. The molecule has 0 saturated carbocycles. The van der Waals surface area contributed by atoms with E-state index in [1.807, 2.05) is 11.8 Å². The molecule has 0 bridgehead atoms. The van der Waals surface area contributed by atoms with E-state index in [-0.39, 0.29) is 0 Å². The van der Waals surface area contributed by atoms with Crippen molar-refractivity contribution in [2.45, 2.75) is 50.8 Å². The summed E-state index contributed by atoms with van der Waals surface area (Å²) in [5, 5.41) is 4.10. The van der Waals surface area contributed by atoms with Gasteiger partial charge < -0.3 is 5.32 Å². The minimum absolute atomic E-state index is 0.680. The van der Waals surface area contributed by atoms with Gasteiger partial charge in [-0.3, -0.25) is 0 Å². The van der Waals surface area contributed by atoms with Gasteiger partial charge in [-0.25, -0.2) is 0 Å². The second kappa shape index (κ2) is 7.78. The molecule has 0 fully saturated rings. The molecule has 1 aromatic carbocycles. The van der Waals surface area contributed by atoms with Crippen molar-refractivity contribution >= 4 is 11.8 Å². The Morgan fingerprint density at radius 1 is 1.12 bits per heavy atom. The van der Waals surface area contributed by atoms with Crippen LogP contribution in [0.15, 0.2) is 29.2 Å². The van der Waals surface area contributed by atoms with E-state index in [2.05, 4.69) is 57.3 Å². The maximum absolute atomic E-state index is 3.42. The number of hydrogen-bond acceptors (Lipinski definition) is 2. The third-order valence-corrected chi connectivity index (χ3v) is 4.40. The van der Waals surface area contributed by atoms with Gasteiger partial charge in [0.25, 0.3) is 0 Å². The first kappa shape index (κ1) is 14.6. The monoisotopic (exact) mass is 251 g/mol. The summed E-state index contributed by atoms with van der Waals surface area (Å²) in [6.45, 7) is 11.1. The smallest absolute Gasteiger partial charge is 0.0205 e. The predicted molar refractivity (Wildman–Crippen MR) is 78.6 cm³/mol. The summed E-state index contributed by atoms with van der Waals surface area (Å²) < 4.78 is 0. The van der Waals surface area contributed by atoms with Gasteiger partial charge in [0.15, 0.2) is 0 Å². The van der Waals surface area contributed by atoms with Crippen molar-refractivity contribution in [2.24, 2.45) is 5.92 Å². The van der Waals surface area contributed by atoms with Crippen LogP contribution < -0.4 is 5.32 Å². The fourth-order valence-corrected chi connectivity index (χ4v) is 2.44. The van der Waals surface area contributed by atoms with Crippen LogP contribution in [0, 0.1) is 5.92 Å². The van der Waals surface area contributed by atoms with E-state index < -0.39 is 0 Å². The van der Waals surface area contributed by atoms with Gasteiger partial charge in [-0.15, -0.1) is 11.8 Å². The molecule has 0 heterocycles. The van der Waals surface area contributed by atoms with Crippen LogP contribution in [0.25, 0.3) is 0 Å². The van der Waals surface area contributed by atoms with Crippen molar-refractivity contribution in [3.8, 4) is 0 Å². The largest absolute Gasteiger partial charge is 0.313 e. The molecule has 0 aliphatic rings. The zero-order valence-corrected chi connectivity index (χ0v) is 12.3. The third-order valence-electron chi connectivity index (χ3n) is 2.94. The van der Waals surface area contributed by atoms with E-state index in [9.17, 15) is 0 Å². The molecule has 2 heteroatoms. The first-order valence-corrected chi connectivity index (χ1v) is 7.47. The van der Waals surface area contributed by atoms with Gasteiger partial charge in [0.05, 0.1) is 0 Å². The second-order valence-electron chi connectivity index (χ2n) is 4.89. The Labute approximate surface area is 110 Å². The zero-order valence-electron chi connectivity index (χ0n) is 11.5. The molecule has 0 aliphatic heterocycles. The van der Waals surface area contributed by atoms with Crippen LogP contribution in [0.1, 0.15) is 39.7 Å². The maximum Gasteiger partial charge on any atom is 0.0205 e. The lowest BCUT2D eigenvalue weighted by Crippen LogP contribution is -2.13. The minimum atomic E-state index is 0.680. The van der Waals surface area contributed by atoms with Gasteiger partial charge in [0.1, 0.15) is 0 Å². The molecule has 0 aromatic heterocycles. The highest BCUT2D eigenvalue weighted by atomic mass is 32.2. The minimum Gasteiger partial charge on any atom is -0.313 e. The highest BCUT2D eigenvalue weighted by molar-refractivity contribution is 8.00. The molecule has 1 unspecified atom stereocenters. The molecule has 0 saturated heterocycles. The lowest BCUT2D eigenvalue weighted by atomic mass is 10.2. The Kier molecular flexibility index (Phi) is 6.68. The van der Waals surface area contributed by atoms with Crippen molar-refractivity contribution in [1.29, 1.82) is 0 Å². The summed E-state index contributed by atoms with van der Waals surface area (Å²) in [5.74, 6) is 0.728. The average Bonchev–Trinajstić information content (AvgIpc) is 2.31. The van der Waals surface area contributed by atoms with Gasteiger partial charge >= 0.3 is 0 Å². The molecule has 1 aromatic rings. The van der Waals surface area contributed by atoms with Gasteiger partial charge in [0.2, 0.25) is 0 Å². The molecule has 1 nitrogen and oxygen atoms in total. The molecule has 0 spiro atoms. The number of rotatable bonds is 7. The van der Waals surface area contributed by atoms with E-state index in [0.717, 1.165) is 19.0 Å². The lowest BCUT2D eigenvalue weighted by molar-refractivity contribution is 0.642. The topological polar surface area (TPSA) is 12.0 Å². The van der Waals surface area contributed by atoms with Gasteiger partial charge in [-0.05, 0) is 36.6 Å². The fraction of sp³-hybridized carbons (Fsp3) is 0.600. The fourth-order valence-electron chi connectivity index (χ4n) is 1.45. The predicted octanol–water partition coefficient (Wildman–Crippen LogP) is 4.32. The van der Waals surface area contributed by atoms with E-state index in [1.165, 1.54) is 16.9 Å². The van der Waals surface area contributed by atoms with Crippen molar-refractivity contribution in [1.82, 2.24) is 5.32 Å². The maximum atomic E-state index is 3.42. The number of thioether (sulfide) groups is 1. The van der Waals surface area contributed by atoms with Crippen LogP contribution in [0.3, 0.4) is 0 Å². The Bertz CT molecular complexity index is 305.